The molecule has 22 heavy (non-hydrogen) atoms. The maximum absolute atomic E-state index is 11.2. The molecule has 0 spiro atoms. The van der Waals surface area contributed by atoms with Crippen LogP contribution in [0.5, 0.6) is 5.75 Å². The van der Waals surface area contributed by atoms with Crippen molar-refractivity contribution in [3.8, 4) is 17.0 Å². The van der Waals surface area contributed by atoms with Gasteiger partial charge in [0.1, 0.15) is 5.65 Å². The van der Waals surface area contributed by atoms with Crippen molar-refractivity contribution in [3.63, 3.8) is 0 Å². The fraction of sp³-hybridized carbons (Fsp3) is 0.133. The molecule has 0 saturated carbocycles. The van der Waals surface area contributed by atoms with Gasteiger partial charge in [-0.15, -0.1) is 0 Å². The van der Waals surface area contributed by atoms with E-state index in [2.05, 4.69) is 20.9 Å². The molecule has 0 N–H and O–H groups in total. The molecule has 0 saturated heterocycles. The van der Waals surface area contributed by atoms with Crippen molar-refractivity contribution < 1.29 is 9.66 Å². The van der Waals surface area contributed by atoms with Crippen LogP contribution in [-0.4, -0.2) is 20.9 Å². The Bertz CT molecular complexity index is 860. The van der Waals surface area contributed by atoms with Crippen molar-refractivity contribution in [2.45, 2.75) is 6.92 Å². The lowest BCUT2D eigenvalue weighted by Gasteiger charge is -2.05. The molecule has 0 fully saturated rings. The number of ether oxygens (including phenoxy) is 1. The van der Waals surface area contributed by atoms with E-state index < -0.39 is 4.92 Å². The standard InChI is InChI=1S/C15H12BrN3O3/c1-2-22-14-5-3-10(7-13(14)19(20)21)12-9-18-8-11(16)4-6-15(18)17-12/h3-9H,2H2,1H3. The smallest absolute Gasteiger partial charge is 0.311 e. The Hall–Kier alpha value is -2.41. The Kier molecular flexibility index (Phi) is 3.81. The molecule has 1 aromatic carbocycles. The molecule has 0 aliphatic heterocycles. The lowest BCUT2D eigenvalue weighted by molar-refractivity contribution is -0.385. The summed E-state index contributed by atoms with van der Waals surface area (Å²) in [5, 5.41) is 11.2. The normalized spacial score (nSPS) is 10.8. The highest BCUT2D eigenvalue weighted by Crippen LogP contribution is 2.32. The molecule has 7 heteroatoms. The molecule has 112 valence electrons. The van der Waals surface area contributed by atoms with E-state index in [1.807, 2.05) is 28.9 Å². The second-order valence-corrected chi connectivity index (χ2v) is 5.53. The van der Waals surface area contributed by atoms with Crippen molar-refractivity contribution >= 4 is 27.3 Å². The van der Waals surface area contributed by atoms with E-state index in [1.54, 1.807) is 19.1 Å². The van der Waals surface area contributed by atoms with Crippen molar-refractivity contribution in [2.24, 2.45) is 0 Å². The van der Waals surface area contributed by atoms with Gasteiger partial charge < -0.3 is 9.14 Å². The van der Waals surface area contributed by atoms with Crippen molar-refractivity contribution in [2.75, 3.05) is 6.61 Å². The van der Waals surface area contributed by atoms with Gasteiger partial charge in [0.05, 0.1) is 17.2 Å². The Balaban J connectivity index is 2.09. The number of fused-ring (bicyclic) bond motifs is 1. The van der Waals surface area contributed by atoms with E-state index in [1.165, 1.54) is 6.07 Å². The quantitative estimate of drug-likeness (QED) is 0.518. The number of benzene rings is 1. The van der Waals surface area contributed by atoms with Crippen LogP contribution in [0.25, 0.3) is 16.9 Å². The zero-order chi connectivity index (χ0) is 15.7. The molecule has 3 aromatic rings. The summed E-state index contributed by atoms with van der Waals surface area (Å²) in [5.41, 5.74) is 2.06. The number of imidazole rings is 1. The van der Waals surface area contributed by atoms with E-state index in [0.717, 1.165) is 10.1 Å². The largest absolute Gasteiger partial charge is 0.487 e. The van der Waals surface area contributed by atoms with Crippen molar-refractivity contribution in [1.29, 1.82) is 0 Å². The monoisotopic (exact) mass is 361 g/mol. The van der Waals surface area contributed by atoms with Crippen molar-refractivity contribution in [3.05, 3.63) is 57.3 Å². The van der Waals surface area contributed by atoms with E-state index in [4.69, 9.17) is 4.74 Å². The van der Waals surface area contributed by atoms with Gasteiger partial charge in [-0.05, 0) is 47.1 Å². The van der Waals surface area contributed by atoms with Crippen LogP contribution in [0.1, 0.15) is 6.92 Å². The molecule has 6 nitrogen and oxygen atoms in total. The van der Waals surface area contributed by atoms with Gasteiger partial charge in [-0.1, -0.05) is 0 Å². The lowest BCUT2D eigenvalue weighted by Crippen LogP contribution is -1.97. The summed E-state index contributed by atoms with van der Waals surface area (Å²) in [6, 6.07) is 8.64. The molecular weight excluding hydrogens is 350 g/mol. The highest BCUT2D eigenvalue weighted by atomic mass is 79.9. The van der Waals surface area contributed by atoms with Gasteiger partial charge in [0, 0.05) is 28.5 Å². The SMILES string of the molecule is CCOc1ccc(-c2cn3cc(Br)ccc3n2)cc1[N+](=O)[O-]. The molecule has 0 unspecified atom stereocenters. The minimum atomic E-state index is -0.444. The average molecular weight is 362 g/mol. The summed E-state index contributed by atoms with van der Waals surface area (Å²) in [6.07, 6.45) is 3.72. The highest BCUT2D eigenvalue weighted by molar-refractivity contribution is 9.10. The lowest BCUT2D eigenvalue weighted by atomic mass is 10.1. The fourth-order valence-corrected chi connectivity index (χ4v) is 2.55. The van der Waals surface area contributed by atoms with Gasteiger partial charge in [0.25, 0.3) is 0 Å². The van der Waals surface area contributed by atoms with Gasteiger partial charge in [-0.3, -0.25) is 10.1 Å². The second-order valence-electron chi connectivity index (χ2n) is 4.61. The van der Waals surface area contributed by atoms with Gasteiger partial charge in [0.15, 0.2) is 5.75 Å². The number of pyridine rings is 1. The Morgan fingerprint density at radius 1 is 1.32 bits per heavy atom. The first kappa shape index (κ1) is 14.5. The maximum Gasteiger partial charge on any atom is 0.311 e. The van der Waals surface area contributed by atoms with Crippen LogP contribution in [0.3, 0.4) is 0 Å². The molecule has 0 amide bonds. The highest BCUT2D eigenvalue weighted by Gasteiger charge is 2.17. The van der Waals surface area contributed by atoms with E-state index in [-0.39, 0.29) is 11.4 Å². The number of halogens is 1. The summed E-state index contributed by atoms with van der Waals surface area (Å²) in [4.78, 5) is 15.2. The predicted molar refractivity (Wildman–Crippen MR) is 86.2 cm³/mol. The first-order valence-electron chi connectivity index (χ1n) is 6.64. The summed E-state index contributed by atoms with van der Waals surface area (Å²) < 4.78 is 8.09. The maximum atomic E-state index is 11.2. The Labute approximate surface area is 134 Å². The number of nitrogens with zero attached hydrogens (tertiary/aromatic N) is 3. The van der Waals surface area contributed by atoms with Gasteiger partial charge in [-0.2, -0.15) is 0 Å². The molecule has 0 aliphatic carbocycles. The fourth-order valence-electron chi connectivity index (χ4n) is 2.20. The number of rotatable bonds is 4. The third-order valence-corrected chi connectivity index (χ3v) is 3.64. The summed E-state index contributed by atoms with van der Waals surface area (Å²) in [5.74, 6) is 0.266. The van der Waals surface area contributed by atoms with E-state index in [0.29, 0.717) is 17.9 Å². The topological polar surface area (TPSA) is 69.7 Å². The van der Waals surface area contributed by atoms with Crippen LogP contribution < -0.4 is 4.74 Å². The molecule has 0 aliphatic rings. The Morgan fingerprint density at radius 3 is 2.86 bits per heavy atom. The van der Waals surface area contributed by atoms with Crippen molar-refractivity contribution in [1.82, 2.24) is 9.38 Å². The van der Waals surface area contributed by atoms with Gasteiger partial charge in [-0.25, -0.2) is 4.98 Å². The summed E-state index contributed by atoms with van der Waals surface area (Å²) in [7, 11) is 0. The van der Waals surface area contributed by atoms with Crippen LogP contribution >= 0.6 is 15.9 Å². The average Bonchev–Trinajstić information content (AvgIpc) is 2.90. The van der Waals surface area contributed by atoms with Crippen LogP contribution in [0.2, 0.25) is 0 Å². The van der Waals surface area contributed by atoms with E-state index >= 15 is 0 Å². The minimum Gasteiger partial charge on any atom is -0.487 e. The third kappa shape index (κ3) is 2.67. The zero-order valence-electron chi connectivity index (χ0n) is 11.7. The first-order valence-corrected chi connectivity index (χ1v) is 7.43. The number of hydrogen-bond acceptors (Lipinski definition) is 4. The number of nitro benzene ring substituents is 1. The molecule has 0 bridgehead atoms. The van der Waals surface area contributed by atoms with Gasteiger partial charge in [0.2, 0.25) is 0 Å². The second kappa shape index (κ2) is 5.76. The number of nitro groups is 1. The zero-order valence-corrected chi connectivity index (χ0v) is 13.3. The third-order valence-electron chi connectivity index (χ3n) is 3.17. The predicted octanol–water partition coefficient (Wildman–Crippen LogP) is 4.07. The van der Waals surface area contributed by atoms with Crippen LogP contribution in [0, 0.1) is 10.1 Å². The minimum absolute atomic E-state index is 0.0578. The van der Waals surface area contributed by atoms with Crippen LogP contribution in [0.15, 0.2) is 47.2 Å². The molecule has 0 radical (unpaired) electrons. The van der Waals surface area contributed by atoms with Gasteiger partial charge >= 0.3 is 5.69 Å². The summed E-state index contributed by atoms with van der Waals surface area (Å²) >= 11 is 3.40. The molecule has 2 heterocycles. The molecule has 0 atom stereocenters. The number of hydrogen-bond donors (Lipinski definition) is 0. The molecule has 2 aromatic heterocycles. The molecular formula is C15H12BrN3O3. The van der Waals surface area contributed by atoms with Crippen LogP contribution in [0.4, 0.5) is 5.69 Å². The number of aromatic nitrogens is 2. The molecule has 3 rings (SSSR count). The Morgan fingerprint density at radius 2 is 2.14 bits per heavy atom. The first-order chi connectivity index (χ1) is 10.6. The summed E-state index contributed by atoms with van der Waals surface area (Å²) in [6.45, 7) is 2.17. The van der Waals surface area contributed by atoms with E-state index in [9.17, 15) is 10.1 Å². The van der Waals surface area contributed by atoms with Crippen LogP contribution in [-0.2, 0) is 0 Å².